The Bertz CT molecular complexity index is 741. The zero-order valence-electron chi connectivity index (χ0n) is 16.1. The summed E-state index contributed by atoms with van der Waals surface area (Å²) < 4.78 is 25.0. The van der Waals surface area contributed by atoms with Crippen LogP contribution in [0.1, 0.15) is 45.0 Å². The zero-order valence-corrected chi connectivity index (χ0v) is 16.1. The van der Waals surface area contributed by atoms with Crippen LogP contribution in [0.15, 0.2) is 36.5 Å². The van der Waals surface area contributed by atoms with E-state index in [0.29, 0.717) is 5.92 Å². The summed E-state index contributed by atoms with van der Waals surface area (Å²) in [5.74, 6) is 0.0334. The smallest absolute Gasteiger partial charge is 0.311 e. The highest BCUT2D eigenvalue weighted by atomic mass is 19.2. The van der Waals surface area contributed by atoms with Crippen LogP contribution in [0.4, 0.5) is 19.4 Å². The molecule has 2 fully saturated rings. The van der Waals surface area contributed by atoms with Gasteiger partial charge in [0.25, 0.3) is 0 Å². The van der Waals surface area contributed by atoms with E-state index in [4.69, 9.17) is 0 Å². The summed E-state index contributed by atoms with van der Waals surface area (Å²) >= 11 is 0. The van der Waals surface area contributed by atoms with Crippen LogP contribution in [0.2, 0.25) is 0 Å². The standard InChI is InChI=1S/C9H8F2.C9H13N3.C2H6N2O.H2/c10-8-4-3-7(5-9(8)11)6-1-2-6;1-2-7-12(8-3-1)9-5-4-6-10-11-9;1-4-2(3)5;/h3-6H,1-2H2;4-6H,1-3,7-8H2;1H3,(H3,3,4,5);1H. The van der Waals surface area contributed by atoms with Gasteiger partial charge in [-0.25, -0.2) is 13.6 Å². The topological polar surface area (TPSA) is 84.1 Å². The number of hydrogen-bond donors (Lipinski definition) is 2. The lowest BCUT2D eigenvalue weighted by atomic mass is 10.1. The summed E-state index contributed by atoms with van der Waals surface area (Å²) in [4.78, 5) is 11.8. The Hall–Kier alpha value is -2.77. The molecule has 0 spiro atoms. The van der Waals surface area contributed by atoms with Crippen molar-refractivity contribution in [2.24, 2.45) is 5.73 Å². The highest BCUT2D eigenvalue weighted by molar-refractivity contribution is 5.71. The van der Waals surface area contributed by atoms with Gasteiger partial charge in [0.15, 0.2) is 17.5 Å². The summed E-state index contributed by atoms with van der Waals surface area (Å²) in [6.45, 7) is 2.28. The molecule has 2 heterocycles. The number of rotatable bonds is 2. The van der Waals surface area contributed by atoms with Gasteiger partial charge in [-0.2, -0.15) is 5.10 Å². The average Bonchev–Trinajstić information content (AvgIpc) is 3.58. The Labute approximate surface area is 165 Å². The quantitative estimate of drug-likeness (QED) is 0.812. The van der Waals surface area contributed by atoms with E-state index in [0.717, 1.165) is 37.3 Å². The van der Waals surface area contributed by atoms with E-state index in [1.807, 2.05) is 12.1 Å². The Kier molecular flexibility index (Phi) is 8.58. The van der Waals surface area contributed by atoms with Gasteiger partial charge in [-0.15, -0.1) is 5.10 Å². The number of aromatic nitrogens is 2. The molecule has 4 rings (SSSR count). The van der Waals surface area contributed by atoms with Gasteiger partial charge in [0.05, 0.1) is 0 Å². The van der Waals surface area contributed by atoms with Crippen molar-refractivity contribution in [1.29, 1.82) is 0 Å². The lowest BCUT2D eigenvalue weighted by Crippen LogP contribution is -2.30. The SMILES string of the molecule is CNC(N)=O.Fc1ccc(C2CC2)cc1F.[HH].c1cnnc(N2CCCCC2)c1. The molecule has 1 aliphatic carbocycles. The average molecular weight is 393 g/mol. The van der Waals surface area contributed by atoms with Crippen LogP contribution in [0.5, 0.6) is 0 Å². The van der Waals surface area contributed by atoms with Crippen LogP contribution in [0, 0.1) is 11.6 Å². The number of anilines is 1. The van der Waals surface area contributed by atoms with Crippen LogP contribution >= 0.6 is 0 Å². The number of carbonyl (C=O) groups excluding carboxylic acids is 1. The number of hydrogen-bond acceptors (Lipinski definition) is 4. The van der Waals surface area contributed by atoms with Gasteiger partial charge >= 0.3 is 6.03 Å². The predicted octanol–water partition coefficient (Wildman–Crippen LogP) is 3.84. The Morgan fingerprint density at radius 2 is 1.86 bits per heavy atom. The molecule has 1 aliphatic heterocycles. The maximum absolute atomic E-state index is 12.6. The minimum atomic E-state index is -0.755. The number of primary amides is 1. The van der Waals surface area contributed by atoms with Crippen LogP contribution < -0.4 is 16.0 Å². The number of urea groups is 1. The highest BCUT2D eigenvalue weighted by Gasteiger charge is 2.24. The first-order valence-electron chi connectivity index (χ1n) is 9.46. The van der Waals surface area contributed by atoms with E-state index in [-0.39, 0.29) is 1.43 Å². The second-order valence-corrected chi connectivity index (χ2v) is 6.69. The molecule has 2 amide bonds. The molecule has 2 aromatic rings. The summed E-state index contributed by atoms with van der Waals surface area (Å²) in [7, 11) is 1.47. The third kappa shape index (κ3) is 7.46. The molecule has 154 valence electrons. The fourth-order valence-electron chi connectivity index (χ4n) is 2.77. The normalized spacial score (nSPS) is 15.5. The summed E-state index contributed by atoms with van der Waals surface area (Å²) in [6.07, 6.45) is 7.88. The third-order valence-electron chi connectivity index (χ3n) is 4.48. The number of nitrogens with two attached hydrogens (primary N) is 1. The maximum atomic E-state index is 12.6. The first-order chi connectivity index (χ1) is 13.5. The second-order valence-electron chi connectivity index (χ2n) is 6.69. The third-order valence-corrected chi connectivity index (χ3v) is 4.48. The summed E-state index contributed by atoms with van der Waals surface area (Å²) in [5, 5.41) is 10.1. The van der Waals surface area contributed by atoms with Gasteiger partial charge in [0.1, 0.15) is 0 Å². The predicted molar refractivity (Wildman–Crippen MR) is 107 cm³/mol. The second kappa shape index (κ2) is 11.2. The molecule has 1 saturated heterocycles. The monoisotopic (exact) mass is 393 g/mol. The zero-order chi connectivity index (χ0) is 20.4. The van der Waals surface area contributed by atoms with Crippen LogP contribution in [-0.2, 0) is 0 Å². The first-order valence-corrected chi connectivity index (χ1v) is 9.46. The molecule has 1 aromatic heterocycles. The maximum Gasteiger partial charge on any atom is 0.311 e. The fourth-order valence-corrected chi connectivity index (χ4v) is 2.77. The number of nitrogens with zero attached hydrogens (tertiary/aromatic N) is 3. The number of carbonyl (C=O) groups is 1. The van der Waals surface area contributed by atoms with E-state index in [9.17, 15) is 13.6 Å². The lowest BCUT2D eigenvalue weighted by molar-refractivity contribution is 0.251. The molecule has 0 atom stereocenters. The van der Waals surface area contributed by atoms with E-state index < -0.39 is 17.7 Å². The highest BCUT2D eigenvalue weighted by Crippen LogP contribution is 2.40. The Balaban J connectivity index is 0.000000232. The van der Waals surface area contributed by atoms with Crippen molar-refractivity contribution in [3.8, 4) is 0 Å². The Morgan fingerprint density at radius 3 is 2.36 bits per heavy atom. The minimum Gasteiger partial charge on any atom is -0.355 e. The first kappa shape index (κ1) is 21.5. The molecule has 0 bridgehead atoms. The molecule has 2 aliphatic rings. The van der Waals surface area contributed by atoms with Gasteiger partial charge in [0.2, 0.25) is 0 Å². The number of benzene rings is 1. The Morgan fingerprint density at radius 1 is 1.18 bits per heavy atom. The van der Waals surface area contributed by atoms with E-state index in [1.54, 1.807) is 12.3 Å². The van der Waals surface area contributed by atoms with Gasteiger partial charge in [-0.3, -0.25) is 0 Å². The number of amides is 2. The molecule has 0 unspecified atom stereocenters. The molecule has 28 heavy (non-hydrogen) atoms. The summed E-state index contributed by atoms with van der Waals surface area (Å²) in [5.41, 5.74) is 5.48. The van der Waals surface area contributed by atoms with E-state index >= 15 is 0 Å². The van der Waals surface area contributed by atoms with E-state index in [1.165, 1.54) is 38.4 Å². The van der Waals surface area contributed by atoms with E-state index in [2.05, 4.69) is 26.1 Å². The van der Waals surface area contributed by atoms with Crippen molar-refractivity contribution >= 4 is 11.8 Å². The minimum absolute atomic E-state index is 0. The van der Waals surface area contributed by atoms with Gasteiger partial charge in [-0.05, 0) is 67.9 Å². The van der Waals surface area contributed by atoms with Gasteiger partial charge in [-0.1, -0.05) is 6.07 Å². The van der Waals surface area contributed by atoms with Gasteiger partial charge < -0.3 is 16.0 Å². The van der Waals surface area contributed by atoms with Gasteiger partial charge in [0, 0.05) is 27.8 Å². The molecular formula is C20H29F2N5O. The number of piperidine rings is 1. The van der Waals surface area contributed by atoms with Crippen molar-refractivity contribution in [3.63, 3.8) is 0 Å². The van der Waals surface area contributed by atoms with Crippen molar-refractivity contribution < 1.29 is 15.0 Å². The summed E-state index contributed by atoms with van der Waals surface area (Å²) in [6, 6.07) is 7.63. The van der Waals surface area contributed by atoms with Crippen LogP contribution in [0.25, 0.3) is 0 Å². The molecule has 3 N–H and O–H groups in total. The van der Waals surface area contributed by atoms with Crippen molar-refractivity contribution in [2.45, 2.75) is 38.0 Å². The molecule has 8 heteroatoms. The lowest BCUT2D eigenvalue weighted by Gasteiger charge is -2.26. The molecular weight excluding hydrogens is 364 g/mol. The molecule has 6 nitrogen and oxygen atoms in total. The van der Waals surface area contributed by atoms with Crippen LogP contribution in [0.3, 0.4) is 0 Å². The molecule has 0 radical (unpaired) electrons. The van der Waals surface area contributed by atoms with Crippen molar-refractivity contribution in [1.82, 2.24) is 15.5 Å². The number of halogens is 2. The van der Waals surface area contributed by atoms with Crippen LogP contribution in [-0.4, -0.2) is 36.4 Å². The molecule has 1 aromatic carbocycles. The molecule has 1 saturated carbocycles. The van der Waals surface area contributed by atoms with Crippen molar-refractivity contribution in [2.75, 3.05) is 25.0 Å². The number of nitrogens with one attached hydrogen (secondary N) is 1. The fraction of sp³-hybridized carbons (Fsp3) is 0.450. The van der Waals surface area contributed by atoms with Crippen molar-refractivity contribution in [3.05, 3.63) is 53.7 Å². The largest absolute Gasteiger partial charge is 0.355 e.